The highest BCUT2D eigenvalue weighted by molar-refractivity contribution is 6.01. The molecule has 0 radical (unpaired) electrons. The first-order valence-corrected chi connectivity index (χ1v) is 23.3. The van der Waals surface area contributed by atoms with Gasteiger partial charge in [0.2, 0.25) is 11.7 Å². The number of carbonyl (C=O) groups excluding carboxylic acids is 5. The molecule has 3 saturated carbocycles. The third-order valence-corrected chi connectivity index (χ3v) is 15.8. The number of nitrogens with one attached hydrogen (secondary N) is 1. The highest BCUT2D eigenvalue weighted by Gasteiger charge is 2.80. The molecule has 2 aromatic carbocycles. The van der Waals surface area contributed by atoms with E-state index in [0.717, 1.165) is 21.9 Å². The van der Waals surface area contributed by atoms with Crippen molar-refractivity contribution < 1.29 is 52.4 Å². The predicted molar refractivity (Wildman–Crippen MR) is 244 cm³/mol. The van der Waals surface area contributed by atoms with E-state index in [1.807, 2.05) is 65.3 Å². The summed E-state index contributed by atoms with van der Waals surface area (Å²) in [6.45, 7) is 8.63. The number of amides is 1. The first kappa shape index (κ1) is 46.9. The van der Waals surface area contributed by atoms with E-state index in [2.05, 4.69) is 10.3 Å². The van der Waals surface area contributed by atoms with Crippen molar-refractivity contribution in [2.45, 2.75) is 95.2 Å². The second kappa shape index (κ2) is 17.7. The molecule has 4 N–H and O–H groups in total. The van der Waals surface area contributed by atoms with Gasteiger partial charge in [-0.1, -0.05) is 48.9 Å². The SMILES string of the molecule is CC1(C)O[C@@H]2C[C@H]3[C@@H]4CCC5=CC(=O)C=C[C@]5(C)[C@@]4(F)[C@@H](O)C[C@]3(C)[C@]2(C(=O)COC(=O)CN2CCN(CC(=O)OCc3ccc([C@@H](CN)C(=O)Nc4ccc5cnccc5c4)cc3)CC2)O1. The van der Waals surface area contributed by atoms with Gasteiger partial charge in [-0.05, 0) is 99.2 Å². The third-order valence-electron chi connectivity index (χ3n) is 15.8. The lowest BCUT2D eigenvalue weighted by Gasteiger charge is -2.62. The van der Waals surface area contributed by atoms with E-state index >= 15 is 4.39 Å². The predicted octanol–water partition coefficient (Wildman–Crippen LogP) is 4.56. The normalized spacial score (nSPS) is 32.6. The standard InChI is InChI=1S/C51H60FN5O10/c1-47(2)66-43-23-40-39-12-10-35-22-37(58)13-15-48(35,3)50(39,52)41(59)24-49(40,4)51(43,67-47)42(60)30-65-45(62)28-57-19-17-56(18-20-57)27-44(61)64-29-31-5-7-32(8-6-31)38(25-53)46(63)55-36-11-9-34-26-54-16-14-33(34)21-36/h5-9,11,13-16,21-22,26,38-41,43,59H,10,12,17-20,23-25,27-30,53H2,1-4H3,(H,55,63)/t38-,39+,40+,41+,43-,48+,49+,50+,51-/m1/s1. The van der Waals surface area contributed by atoms with Crippen LogP contribution in [0.25, 0.3) is 10.8 Å². The second-order valence-corrected chi connectivity index (χ2v) is 20.1. The summed E-state index contributed by atoms with van der Waals surface area (Å²) in [7, 11) is 0. The van der Waals surface area contributed by atoms with Crippen LogP contribution in [-0.4, -0.2) is 131 Å². The molecular formula is C51H60FN5O10. The maximum absolute atomic E-state index is 17.8. The number of carbonyl (C=O) groups is 5. The van der Waals surface area contributed by atoms with Crippen molar-refractivity contribution in [3.63, 3.8) is 0 Å². The van der Waals surface area contributed by atoms with E-state index in [0.29, 0.717) is 56.7 Å². The number of nitrogens with two attached hydrogens (primary N) is 1. The lowest BCUT2D eigenvalue weighted by molar-refractivity contribution is -0.246. The smallest absolute Gasteiger partial charge is 0.320 e. The minimum Gasteiger partial charge on any atom is -0.460 e. The fourth-order valence-corrected chi connectivity index (χ4v) is 12.4. The highest BCUT2D eigenvalue weighted by Crippen LogP contribution is 2.72. The van der Waals surface area contributed by atoms with Gasteiger partial charge < -0.3 is 35.1 Å². The van der Waals surface area contributed by atoms with Gasteiger partial charge in [-0.2, -0.15) is 0 Å². The molecule has 0 unspecified atom stereocenters. The summed E-state index contributed by atoms with van der Waals surface area (Å²) in [5.41, 5.74) is 2.95. The molecule has 9 rings (SSSR count). The number of rotatable bonds is 13. The molecule has 3 heterocycles. The Hall–Kier alpha value is -5.23. The van der Waals surface area contributed by atoms with Crippen LogP contribution in [0.4, 0.5) is 10.1 Å². The van der Waals surface area contributed by atoms with Crippen molar-refractivity contribution in [2.24, 2.45) is 28.4 Å². The first-order valence-electron chi connectivity index (χ1n) is 23.3. The molecule has 356 valence electrons. The van der Waals surface area contributed by atoms with Crippen LogP contribution >= 0.6 is 0 Å². The largest absolute Gasteiger partial charge is 0.460 e. The number of piperazine rings is 1. The molecule has 1 aromatic heterocycles. The zero-order valence-corrected chi connectivity index (χ0v) is 38.5. The van der Waals surface area contributed by atoms with Crippen LogP contribution in [0, 0.1) is 22.7 Å². The van der Waals surface area contributed by atoms with Crippen LogP contribution in [0.1, 0.15) is 70.4 Å². The van der Waals surface area contributed by atoms with E-state index in [1.54, 1.807) is 39.2 Å². The van der Waals surface area contributed by atoms with Gasteiger partial charge in [0, 0.05) is 72.9 Å². The average molecular weight is 922 g/mol. The Labute approximate surface area is 389 Å². The molecule has 2 aliphatic heterocycles. The summed E-state index contributed by atoms with van der Waals surface area (Å²) in [6, 6.07) is 14.7. The van der Waals surface area contributed by atoms with Crippen molar-refractivity contribution in [3.8, 4) is 0 Å². The van der Waals surface area contributed by atoms with Gasteiger partial charge in [0.25, 0.3) is 0 Å². The minimum atomic E-state index is -2.08. The molecule has 16 heteroatoms. The van der Waals surface area contributed by atoms with Crippen LogP contribution in [0.5, 0.6) is 0 Å². The fourth-order valence-electron chi connectivity index (χ4n) is 12.4. The average Bonchev–Trinajstić information content (AvgIpc) is 3.71. The van der Waals surface area contributed by atoms with E-state index in [4.69, 9.17) is 24.7 Å². The number of aromatic nitrogens is 1. The molecule has 0 bridgehead atoms. The van der Waals surface area contributed by atoms with Crippen molar-refractivity contribution in [1.82, 2.24) is 14.8 Å². The fraction of sp³-hybridized carbons (Fsp3) is 0.529. The first-order chi connectivity index (χ1) is 31.9. The molecule has 3 aromatic rings. The number of aliphatic hydroxyl groups excluding tert-OH is 1. The topological polar surface area (TPSA) is 200 Å². The van der Waals surface area contributed by atoms with Crippen LogP contribution in [0.3, 0.4) is 0 Å². The number of benzene rings is 2. The Morgan fingerprint density at radius 1 is 0.955 bits per heavy atom. The van der Waals surface area contributed by atoms with Crippen molar-refractivity contribution in [3.05, 3.63) is 95.9 Å². The zero-order valence-electron chi connectivity index (χ0n) is 38.5. The summed E-state index contributed by atoms with van der Waals surface area (Å²) in [5.74, 6) is -4.67. The lowest BCUT2D eigenvalue weighted by atomic mass is 9.44. The summed E-state index contributed by atoms with van der Waals surface area (Å²) < 4.78 is 42.0. The Morgan fingerprint density at radius 3 is 2.36 bits per heavy atom. The number of nitrogens with zero attached hydrogens (tertiary/aromatic N) is 3. The van der Waals surface area contributed by atoms with Gasteiger partial charge in [0.1, 0.15) is 6.61 Å². The number of anilines is 1. The molecule has 0 spiro atoms. The Bertz CT molecular complexity index is 2530. The maximum Gasteiger partial charge on any atom is 0.320 e. The van der Waals surface area contributed by atoms with Gasteiger partial charge >= 0.3 is 11.9 Å². The van der Waals surface area contributed by atoms with Crippen LogP contribution in [0.15, 0.2) is 84.7 Å². The number of aliphatic hydroxyl groups is 1. The lowest BCUT2D eigenvalue weighted by Crippen LogP contribution is -2.70. The molecule has 4 aliphatic carbocycles. The molecule has 2 saturated heterocycles. The summed E-state index contributed by atoms with van der Waals surface area (Å²) in [5, 5.41) is 16.8. The van der Waals surface area contributed by atoms with Crippen LogP contribution < -0.4 is 11.1 Å². The molecule has 6 aliphatic rings. The number of hydrogen-bond acceptors (Lipinski definition) is 14. The Balaban J connectivity index is 0.739. The molecule has 9 atom stereocenters. The van der Waals surface area contributed by atoms with E-state index in [9.17, 15) is 29.1 Å². The summed E-state index contributed by atoms with van der Waals surface area (Å²) in [4.78, 5) is 74.1. The quantitative estimate of drug-likeness (QED) is 0.202. The van der Waals surface area contributed by atoms with Crippen LogP contribution in [0.2, 0.25) is 0 Å². The van der Waals surface area contributed by atoms with Crippen molar-refractivity contribution in [1.29, 1.82) is 0 Å². The molecular weight excluding hydrogens is 862 g/mol. The van der Waals surface area contributed by atoms with E-state index < -0.39 is 82.2 Å². The van der Waals surface area contributed by atoms with Gasteiger partial charge in [-0.25, -0.2) is 4.39 Å². The third kappa shape index (κ3) is 8.22. The number of fused-ring (bicyclic) bond motifs is 8. The van der Waals surface area contributed by atoms with Gasteiger partial charge in [0.05, 0.1) is 31.2 Å². The van der Waals surface area contributed by atoms with Crippen molar-refractivity contribution in [2.75, 3.05) is 57.7 Å². The number of halogens is 1. The monoisotopic (exact) mass is 921 g/mol. The minimum absolute atomic E-state index is 0.0576. The number of pyridine rings is 1. The Kier molecular flexibility index (Phi) is 12.4. The van der Waals surface area contributed by atoms with E-state index in [-0.39, 0.29) is 44.4 Å². The number of allylic oxidation sites excluding steroid dienone is 4. The summed E-state index contributed by atoms with van der Waals surface area (Å²) in [6.07, 6.45) is 6.84. The van der Waals surface area contributed by atoms with Gasteiger partial charge in [0.15, 0.2) is 29.4 Å². The molecule has 1 amide bonds. The van der Waals surface area contributed by atoms with Gasteiger partial charge in [-0.15, -0.1) is 0 Å². The number of esters is 2. The zero-order chi connectivity index (χ0) is 47.5. The maximum atomic E-state index is 17.8. The van der Waals surface area contributed by atoms with Crippen LogP contribution in [-0.2, 0) is 49.5 Å². The number of Topliss-reactive ketones (excluding diaryl/α,β-unsaturated/α-hetero) is 1. The van der Waals surface area contributed by atoms with E-state index in [1.165, 1.54) is 12.2 Å². The number of ketones is 2. The highest BCUT2D eigenvalue weighted by atomic mass is 19.1. The summed E-state index contributed by atoms with van der Waals surface area (Å²) >= 11 is 0. The molecule has 5 fully saturated rings. The molecule has 15 nitrogen and oxygen atoms in total. The molecule has 67 heavy (non-hydrogen) atoms. The van der Waals surface area contributed by atoms with Gasteiger partial charge in [-0.3, -0.25) is 38.8 Å². The number of ether oxygens (including phenoxy) is 4. The number of hydrogen-bond donors (Lipinski definition) is 3. The number of alkyl halides is 1. The van der Waals surface area contributed by atoms with Crippen molar-refractivity contribution >= 4 is 45.9 Å². The Morgan fingerprint density at radius 2 is 1.66 bits per heavy atom. The second-order valence-electron chi connectivity index (χ2n) is 20.1.